The molecule has 0 spiro atoms. The molecule has 162 valence electrons. The third kappa shape index (κ3) is 4.19. The lowest BCUT2D eigenvalue weighted by molar-refractivity contribution is -0.123. The van der Waals surface area contributed by atoms with E-state index in [4.69, 9.17) is 0 Å². The van der Waals surface area contributed by atoms with Gasteiger partial charge in [0.05, 0.1) is 12.5 Å². The lowest BCUT2D eigenvalue weighted by Crippen LogP contribution is -2.35. The fourth-order valence-corrected chi connectivity index (χ4v) is 3.97. The van der Waals surface area contributed by atoms with Crippen LogP contribution in [-0.4, -0.2) is 48.1 Å². The molecule has 2 fully saturated rings. The van der Waals surface area contributed by atoms with E-state index in [0.717, 1.165) is 41.9 Å². The van der Waals surface area contributed by atoms with E-state index in [-0.39, 0.29) is 17.7 Å². The molecule has 31 heavy (non-hydrogen) atoms. The Balaban J connectivity index is 1.35. The molecule has 2 aliphatic carbocycles. The zero-order chi connectivity index (χ0) is 21.5. The molecule has 8 nitrogen and oxygen atoms in total. The van der Waals surface area contributed by atoms with Crippen LogP contribution in [0.25, 0.3) is 0 Å². The molecule has 1 atom stereocenters. The summed E-state index contributed by atoms with van der Waals surface area (Å²) in [4.78, 5) is 29.7. The molecule has 3 N–H and O–H groups in total. The van der Waals surface area contributed by atoms with E-state index in [0.29, 0.717) is 29.9 Å². The SMILES string of the molecule is CC1=C2C(Nc3cc(C(=O)NC4CC4)ccc3C)=NC=NN2CC1C(=O)NCC1CC1. The number of aliphatic imine (C=N–C) groups is 1. The molecule has 2 aliphatic heterocycles. The summed E-state index contributed by atoms with van der Waals surface area (Å²) >= 11 is 0. The first-order valence-corrected chi connectivity index (χ1v) is 11.0. The number of aryl methyl sites for hydroxylation is 1. The van der Waals surface area contributed by atoms with Gasteiger partial charge in [0.15, 0.2) is 5.84 Å². The molecule has 0 radical (unpaired) electrons. The molecule has 1 aromatic carbocycles. The van der Waals surface area contributed by atoms with E-state index < -0.39 is 0 Å². The Hall–Kier alpha value is -3.16. The van der Waals surface area contributed by atoms with Gasteiger partial charge in [-0.1, -0.05) is 6.07 Å². The van der Waals surface area contributed by atoms with Crippen LogP contribution >= 0.6 is 0 Å². The summed E-state index contributed by atoms with van der Waals surface area (Å²) in [6.45, 7) is 5.23. The first-order chi connectivity index (χ1) is 15.0. The summed E-state index contributed by atoms with van der Waals surface area (Å²) in [5, 5.41) is 15.7. The van der Waals surface area contributed by atoms with Crippen LogP contribution in [-0.2, 0) is 4.79 Å². The zero-order valence-electron chi connectivity index (χ0n) is 17.9. The minimum absolute atomic E-state index is 0.0516. The highest BCUT2D eigenvalue weighted by atomic mass is 16.2. The predicted octanol–water partition coefficient (Wildman–Crippen LogP) is 2.39. The van der Waals surface area contributed by atoms with E-state index >= 15 is 0 Å². The van der Waals surface area contributed by atoms with Crippen molar-refractivity contribution in [3.63, 3.8) is 0 Å². The number of nitrogens with zero attached hydrogens (tertiary/aromatic N) is 3. The number of hydrogen-bond donors (Lipinski definition) is 3. The van der Waals surface area contributed by atoms with Gasteiger partial charge < -0.3 is 16.0 Å². The third-order valence-corrected chi connectivity index (χ3v) is 6.36. The van der Waals surface area contributed by atoms with Crippen LogP contribution in [0.15, 0.2) is 39.6 Å². The maximum absolute atomic E-state index is 12.7. The smallest absolute Gasteiger partial charge is 0.251 e. The molecule has 2 amide bonds. The van der Waals surface area contributed by atoms with Crippen molar-refractivity contribution in [1.29, 1.82) is 0 Å². The third-order valence-electron chi connectivity index (χ3n) is 6.36. The average molecular weight is 421 g/mol. The van der Waals surface area contributed by atoms with Gasteiger partial charge in [0, 0.05) is 23.8 Å². The van der Waals surface area contributed by atoms with Gasteiger partial charge in [-0.05, 0) is 68.7 Å². The predicted molar refractivity (Wildman–Crippen MR) is 120 cm³/mol. The van der Waals surface area contributed by atoms with Crippen LogP contribution in [0.2, 0.25) is 0 Å². The highest BCUT2D eigenvalue weighted by molar-refractivity contribution is 6.13. The Bertz CT molecular complexity index is 1020. The second kappa shape index (κ2) is 7.83. The van der Waals surface area contributed by atoms with E-state index in [9.17, 15) is 9.59 Å². The second-order valence-corrected chi connectivity index (χ2v) is 8.97. The second-order valence-electron chi connectivity index (χ2n) is 8.97. The number of hydrazone groups is 1. The maximum Gasteiger partial charge on any atom is 0.251 e. The van der Waals surface area contributed by atoms with Gasteiger partial charge in [-0.3, -0.25) is 14.6 Å². The van der Waals surface area contributed by atoms with Crippen molar-refractivity contribution in [2.24, 2.45) is 21.9 Å². The van der Waals surface area contributed by atoms with Crippen LogP contribution < -0.4 is 16.0 Å². The molecule has 0 bridgehead atoms. The van der Waals surface area contributed by atoms with E-state index in [1.807, 2.05) is 37.1 Å². The van der Waals surface area contributed by atoms with E-state index in [2.05, 4.69) is 26.0 Å². The van der Waals surface area contributed by atoms with Gasteiger partial charge in [-0.25, -0.2) is 4.99 Å². The monoisotopic (exact) mass is 420 g/mol. The van der Waals surface area contributed by atoms with Crippen molar-refractivity contribution in [1.82, 2.24) is 15.6 Å². The van der Waals surface area contributed by atoms with E-state index in [1.165, 1.54) is 19.2 Å². The van der Waals surface area contributed by atoms with Crippen LogP contribution in [0.5, 0.6) is 0 Å². The summed E-state index contributed by atoms with van der Waals surface area (Å²) < 4.78 is 0. The average Bonchev–Trinajstić information content (AvgIpc) is 3.68. The van der Waals surface area contributed by atoms with Gasteiger partial charge in [0.2, 0.25) is 5.91 Å². The Morgan fingerprint density at radius 1 is 1.16 bits per heavy atom. The molecular formula is C23H28N6O2. The highest BCUT2D eigenvalue weighted by Crippen LogP contribution is 2.33. The van der Waals surface area contributed by atoms with Gasteiger partial charge in [-0.15, -0.1) is 0 Å². The molecule has 1 aromatic rings. The number of benzene rings is 1. The number of rotatable bonds is 6. The summed E-state index contributed by atoms with van der Waals surface area (Å²) in [6.07, 6.45) is 6.02. The molecule has 8 heteroatoms. The fraction of sp³-hybridized carbons (Fsp3) is 0.478. The maximum atomic E-state index is 12.7. The number of carbonyl (C=O) groups is 2. The topological polar surface area (TPSA) is 98.2 Å². The summed E-state index contributed by atoms with van der Waals surface area (Å²) in [6, 6.07) is 5.95. The molecular weight excluding hydrogens is 392 g/mol. The van der Waals surface area contributed by atoms with Crippen molar-refractivity contribution >= 4 is 29.7 Å². The van der Waals surface area contributed by atoms with Gasteiger partial charge in [0.1, 0.15) is 12.0 Å². The minimum atomic E-state index is -0.243. The van der Waals surface area contributed by atoms with Gasteiger partial charge in [-0.2, -0.15) is 5.10 Å². The molecule has 0 saturated heterocycles. The Labute approximate surface area is 181 Å². The van der Waals surface area contributed by atoms with E-state index in [1.54, 1.807) is 0 Å². The number of amidine groups is 1. The lowest BCUT2D eigenvalue weighted by Gasteiger charge is -2.22. The minimum Gasteiger partial charge on any atom is -0.355 e. The molecule has 0 aromatic heterocycles. The summed E-state index contributed by atoms with van der Waals surface area (Å²) in [7, 11) is 0. The van der Waals surface area contributed by atoms with Crippen molar-refractivity contribution in [2.45, 2.75) is 45.6 Å². The number of hydrogen-bond acceptors (Lipinski definition) is 6. The first-order valence-electron chi connectivity index (χ1n) is 11.0. The van der Waals surface area contributed by atoms with Gasteiger partial charge in [0.25, 0.3) is 5.91 Å². The highest BCUT2D eigenvalue weighted by Gasteiger charge is 2.37. The van der Waals surface area contributed by atoms with Gasteiger partial charge >= 0.3 is 0 Å². The lowest BCUT2D eigenvalue weighted by atomic mass is 10.0. The molecule has 4 aliphatic rings. The Morgan fingerprint density at radius 2 is 1.97 bits per heavy atom. The molecule has 2 heterocycles. The summed E-state index contributed by atoms with van der Waals surface area (Å²) in [5.74, 6) is 1.05. The van der Waals surface area contributed by atoms with Crippen LogP contribution in [0.4, 0.5) is 5.69 Å². The van der Waals surface area contributed by atoms with Crippen molar-refractivity contribution in [3.05, 3.63) is 40.6 Å². The fourth-order valence-electron chi connectivity index (χ4n) is 3.97. The first kappa shape index (κ1) is 19.8. The number of amides is 2. The van der Waals surface area contributed by atoms with Crippen molar-refractivity contribution < 1.29 is 9.59 Å². The quantitative estimate of drug-likeness (QED) is 0.658. The summed E-state index contributed by atoms with van der Waals surface area (Å²) in [5.41, 5.74) is 4.24. The standard InChI is InChI=1S/C23H28N6O2/c1-13-3-6-16(22(30)27-17-7-8-17)9-19(13)28-21-20-14(2)18(11-29(20)26-12-25-21)23(31)24-10-15-4-5-15/h3,6,9,12,15,17-18H,4-5,7-8,10-11H2,1-2H3,(H,24,31)(H,27,30)(H,25,26,28). The van der Waals surface area contributed by atoms with Crippen LogP contribution in [0.3, 0.4) is 0 Å². The largest absolute Gasteiger partial charge is 0.355 e. The molecule has 5 rings (SSSR count). The van der Waals surface area contributed by atoms with Crippen molar-refractivity contribution in [2.75, 3.05) is 18.4 Å². The van der Waals surface area contributed by atoms with Crippen LogP contribution in [0, 0.1) is 18.8 Å². The Kier molecular flexibility index (Phi) is 5.00. The number of fused-ring (bicyclic) bond motifs is 1. The number of nitrogens with one attached hydrogen (secondary N) is 3. The zero-order valence-corrected chi connectivity index (χ0v) is 17.9. The Morgan fingerprint density at radius 3 is 2.71 bits per heavy atom. The number of carbonyl (C=O) groups excluding carboxylic acids is 2. The number of anilines is 1. The molecule has 1 unspecified atom stereocenters. The molecule has 2 saturated carbocycles. The van der Waals surface area contributed by atoms with Crippen LogP contribution in [0.1, 0.15) is 48.5 Å². The normalized spacial score (nSPS) is 22.2. The van der Waals surface area contributed by atoms with Crippen molar-refractivity contribution in [3.8, 4) is 0 Å².